The van der Waals surface area contributed by atoms with Crippen LogP contribution in [0.25, 0.3) is 11.1 Å². The molecule has 0 aliphatic rings. The zero-order chi connectivity index (χ0) is 16.8. The van der Waals surface area contributed by atoms with Gasteiger partial charge in [0, 0.05) is 0 Å². The van der Waals surface area contributed by atoms with Crippen molar-refractivity contribution in [1.29, 1.82) is 0 Å². The Morgan fingerprint density at radius 3 is 2.48 bits per heavy atom. The van der Waals surface area contributed by atoms with Crippen molar-refractivity contribution >= 4 is 5.97 Å². The van der Waals surface area contributed by atoms with Gasteiger partial charge in [-0.25, -0.2) is 4.79 Å². The summed E-state index contributed by atoms with van der Waals surface area (Å²) in [5, 5.41) is 9.09. The first-order valence-corrected chi connectivity index (χ1v) is 7.29. The van der Waals surface area contributed by atoms with Crippen molar-refractivity contribution in [2.45, 2.75) is 13.8 Å². The van der Waals surface area contributed by atoms with Crippen molar-refractivity contribution in [3.63, 3.8) is 0 Å². The Balaban J connectivity index is 2.29. The van der Waals surface area contributed by atoms with Crippen LogP contribution in [0.15, 0.2) is 54.1 Å². The zero-order valence-corrected chi connectivity index (χ0v) is 13.5. The molecule has 4 nitrogen and oxygen atoms in total. The smallest absolute Gasteiger partial charge is 0.335 e. The SMILES string of the molecule is COc1cc(-c2cccc(C(=O)O)c2)ccc1OCC=C(C)C. The average molecular weight is 312 g/mol. The van der Waals surface area contributed by atoms with Crippen molar-refractivity contribution in [2.24, 2.45) is 0 Å². The maximum absolute atomic E-state index is 11.1. The van der Waals surface area contributed by atoms with Gasteiger partial charge in [-0.15, -0.1) is 0 Å². The van der Waals surface area contributed by atoms with E-state index in [1.165, 1.54) is 5.57 Å². The molecule has 0 atom stereocenters. The molecule has 0 radical (unpaired) electrons. The summed E-state index contributed by atoms with van der Waals surface area (Å²) in [5.74, 6) is 0.328. The molecule has 0 fully saturated rings. The third-order valence-electron chi connectivity index (χ3n) is 3.34. The summed E-state index contributed by atoms with van der Waals surface area (Å²) < 4.78 is 11.1. The third-order valence-corrected chi connectivity index (χ3v) is 3.34. The molecule has 0 aromatic heterocycles. The number of hydrogen-bond donors (Lipinski definition) is 1. The van der Waals surface area contributed by atoms with Crippen LogP contribution in [0.2, 0.25) is 0 Å². The van der Waals surface area contributed by atoms with Crippen LogP contribution in [0.3, 0.4) is 0 Å². The summed E-state index contributed by atoms with van der Waals surface area (Å²) >= 11 is 0. The highest BCUT2D eigenvalue weighted by molar-refractivity contribution is 5.89. The van der Waals surface area contributed by atoms with Gasteiger partial charge in [-0.3, -0.25) is 0 Å². The maximum atomic E-state index is 11.1. The van der Waals surface area contributed by atoms with Crippen LogP contribution >= 0.6 is 0 Å². The summed E-state index contributed by atoms with van der Waals surface area (Å²) in [7, 11) is 1.58. The van der Waals surface area contributed by atoms with E-state index in [4.69, 9.17) is 14.6 Å². The number of carbonyl (C=O) groups is 1. The topological polar surface area (TPSA) is 55.8 Å². The Morgan fingerprint density at radius 2 is 1.83 bits per heavy atom. The number of methoxy groups -OCH3 is 1. The van der Waals surface area contributed by atoms with E-state index in [1.54, 1.807) is 25.3 Å². The van der Waals surface area contributed by atoms with Gasteiger partial charge in [-0.1, -0.05) is 23.8 Å². The zero-order valence-electron chi connectivity index (χ0n) is 13.5. The molecular formula is C19H20O4. The highest BCUT2D eigenvalue weighted by atomic mass is 16.5. The van der Waals surface area contributed by atoms with Crippen LogP contribution in [0.4, 0.5) is 0 Å². The Hall–Kier alpha value is -2.75. The monoisotopic (exact) mass is 312 g/mol. The fourth-order valence-electron chi connectivity index (χ4n) is 2.10. The average Bonchev–Trinajstić information content (AvgIpc) is 2.54. The molecule has 2 aromatic rings. The maximum Gasteiger partial charge on any atom is 0.335 e. The highest BCUT2D eigenvalue weighted by Gasteiger charge is 2.09. The summed E-state index contributed by atoms with van der Waals surface area (Å²) in [4.78, 5) is 11.1. The van der Waals surface area contributed by atoms with E-state index in [0.717, 1.165) is 11.1 Å². The van der Waals surface area contributed by atoms with Gasteiger partial charge in [0.05, 0.1) is 12.7 Å². The molecule has 0 heterocycles. The Morgan fingerprint density at radius 1 is 1.09 bits per heavy atom. The predicted octanol–water partition coefficient (Wildman–Crippen LogP) is 4.41. The first-order valence-electron chi connectivity index (χ1n) is 7.29. The van der Waals surface area contributed by atoms with Crippen molar-refractivity contribution in [2.75, 3.05) is 13.7 Å². The second-order valence-electron chi connectivity index (χ2n) is 5.34. The molecule has 4 heteroatoms. The number of aromatic carboxylic acids is 1. The van der Waals surface area contributed by atoms with Gasteiger partial charge >= 0.3 is 5.97 Å². The second-order valence-corrected chi connectivity index (χ2v) is 5.34. The lowest BCUT2D eigenvalue weighted by Gasteiger charge is -2.12. The molecule has 2 rings (SSSR count). The van der Waals surface area contributed by atoms with Gasteiger partial charge in [0.2, 0.25) is 0 Å². The highest BCUT2D eigenvalue weighted by Crippen LogP contribution is 2.32. The molecule has 1 N–H and O–H groups in total. The molecule has 120 valence electrons. The lowest BCUT2D eigenvalue weighted by Crippen LogP contribution is -1.98. The Kier molecular flexibility index (Phi) is 5.41. The third kappa shape index (κ3) is 4.36. The second kappa shape index (κ2) is 7.49. The first kappa shape index (κ1) is 16.6. The number of carboxylic acids is 1. The quantitative estimate of drug-likeness (QED) is 0.803. The lowest BCUT2D eigenvalue weighted by molar-refractivity contribution is 0.0697. The molecular weight excluding hydrogens is 292 g/mol. The molecule has 0 saturated carbocycles. The summed E-state index contributed by atoms with van der Waals surface area (Å²) in [5.41, 5.74) is 3.13. The number of benzene rings is 2. The van der Waals surface area contributed by atoms with Gasteiger partial charge < -0.3 is 14.6 Å². The summed E-state index contributed by atoms with van der Waals surface area (Å²) in [6.45, 7) is 4.50. The fourth-order valence-corrected chi connectivity index (χ4v) is 2.10. The molecule has 0 spiro atoms. The molecule has 0 saturated heterocycles. The lowest BCUT2D eigenvalue weighted by atomic mass is 10.0. The van der Waals surface area contributed by atoms with Gasteiger partial charge in [0.1, 0.15) is 6.61 Å². The van der Waals surface area contributed by atoms with E-state index < -0.39 is 5.97 Å². The molecule has 0 aliphatic carbocycles. The fraction of sp³-hybridized carbons (Fsp3) is 0.211. The normalized spacial score (nSPS) is 10.0. The van der Waals surface area contributed by atoms with Gasteiger partial charge in [-0.2, -0.15) is 0 Å². The first-order chi connectivity index (χ1) is 11.0. The van der Waals surface area contributed by atoms with Crippen LogP contribution in [-0.2, 0) is 0 Å². The number of hydrogen-bond acceptors (Lipinski definition) is 3. The van der Waals surface area contributed by atoms with Crippen molar-refractivity contribution in [3.8, 4) is 22.6 Å². The molecule has 0 unspecified atom stereocenters. The van der Waals surface area contributed by atoms with Crippen LogP contribution in [0.1, 0.15) is 24.2 Å². The van der Waals surface area contributed by atoms with E-state index in [1.807, 2.05) is 44.2 Å². The van der Waals surface area contributed by atoms with Crippen LogP contribution in [-0.4, -0.2) is 24.8 Å². The van der Waals surface area contributed by atoms with Gasteiger partial charge in [0.15, 0.2) is 11.5 Å². The molecule has 2 aromatic carbocycles. The largest absolute Gasteiger partial charge is 0.493 e. The molecule has 0 amide bonds. The molecule has 0 bridgehead atoms. The Labute approximate surface area is 136 Å². The molecule has 0 aliphatic heterocycles. The minimum Gasteiger partial charge on any atom is -0.493 e. The minimum atomic E-state index is -0.944. The van der Waals surface area contributed by atoms with E-state index in [-0.39, 0.29) is 5.56 Å². The van der Waals surface area contributed by atoms with Crippen LogP contribution in [0.5, 0.6) is 11.5 Å². The summed E-state index contributed by atoms with van der Waals surface area (Å²) in [6.07, 6.45) is 1.99. The summed E-state index contributed by atoms with van der Waals surface area (Å²) in [6, 6.07) is 12.4. The van der Waals surface area contributed by atoms with E-state index >= 15 is 0 Å². The van der Waals surface area contributed by atoms with E-state index in [9.17, 15) is 4.79 Å². The van der Waals surface area contributed by atoms with E-state index in [2.05, 4.69) is 0 Å². The number of carboxylic acid groups (broad SMARTS) is 1. The van der Waals surface area contributed by atoms with Gasteiger partial charge in [0.25, 0.3) is 0 Å². The van der Waals surface area contributed by atoms with Gasteiger partial charge in [-0.05, 0) is 55.3 Å². The number of allylic oxidation sites excluding steroid dienone is 1. The van der Waals surface area contributed by atoms with Crippen molar-refractivity contribution in [3.05, 3.63) is 59.7 Å². The van der Waals surface area contributed by atoms with E-state index in [0.29, 0.717) is 18.1 Å². The van der Waals surface area contributed by atoms with Crippen LogP contribution < -0.4 is 9.47 Å². The Bertz CT molecular complexity index is 728. The van der Waals surface area contributed by atoms with Crippen LogP contribution in [0, 0.1) is 0 Å². The van der Waals surface area contributed by atoms with Crippen molar-refractivity contribution < 1.29 is 19.4 Å². The molecule has 23 heavy (non-hydrogen) atoms. The number of ether oxygens (including phenoxy) is 2. The number of rotatable bonds is 6. The minimum absolute atomic E-state index is 0.255. The van der Waals surface area contributed by atoms with Crippen molar-refractivity contribution in [1.82, 2.24) is 0 Å². The predicted molar refractivity (Wildman–Crippen MR) is 90.3 cm³/mol. The standard InChI is InChI=1S/C19H20O4/c1-13(2)9-10-23-17-8-7-15(12-18(17)22-3)14-5-4-6-16(11-14)19(20)21/h4-9,11-12H,10H2,1-3H3,(H,20,21).